The van der Waals surface area contributed by atoms with E-state index in [1.165, 1.54) is 18.2 Å². The fourth-order valence-corrected chi connectivity index (χ4v) is 3.26. The summed E-state index contributed by atoms with van der Waals surface area (Å²) in [4.78, 5) is 24.0. The number of hydrogen-bond acceptors (Lipinski definition) is 6. The molecule has 32 heavy (non-hydrogen) atoms. The zero-order valence-corrected chi connectivity index (χ0v) is 18.7. The van der Waals surface area contributed by atoms with Crippen molar-refractivity contribution < 1.29 is 37.3 Å². The van der Waals surface area contributed by atoms with Crippen molar-refractivity contribution in [2.24, 2.45) is 0 Å². The lowest BCUT2D eigenvalue weighted by Crippen LogP contribution is -2.49. The first-order valence-corrected chi connectivity index (χ1v) is 9.65. The molecule has 0 spiro atoms. The molecule has 0 bridgehead atoms. The molecule has 2 rings (SSSR count). The van der Waals surface area contributed by atoms with E-state index in [2.05, 4.69) is 15.4 Å². The number of alkyl halides is 3. The Labute approximate surface area is 195 Å². The van der Waals surface area contributed by atoms with E-state index >= 15 is 0 Å². The van der Waals surface area contributed by atoms with E-state index in [1.54, 1.807) is 0 Å². The maximum absolute atomic E-state index is 13.4. The highest BCUT2D eigenvalue weighted by Gasteiger charge is 2.62. The Morgan fingerprint density at radius 3 is 2.28 bits per heavy atom. The van der Waals surface area contributed by atoms with E-state index in [0.29, 0.717) is 12.1 Å². The lowest BCUT2D eigenvalue weighted by Gasteiger charge is -2.28. The molecule has 0 saturated heterocycles. The Kier molecular flexibility index (Phi) is 7.94. The number of amides is 1. The zero-order valence-electron chi connectivity index (χ0n) is 16.3. The van der Waals surface area contributed by atoms with E-state index in [0.717, 1.165) is 25.3 Å². The molecule has 0 aromatic heterocycles. The molecule has 0 saturated carbocycles. The van der Waals surface area contributed by atoms with Gasteiger partial charge in [-0.25, -0.2) is 4.79 Å². The first kappa shape index (κ1) is 25.7. The molecule has 2 aromatic rings. The summed E-state index contributed by atoms with van der Waals surface area (Å²) in [6.07, 6.45) is -5.37. The Balaban J connectivity index is 2.29. The second-order valence-electron chi connectivity index (χ2n) is 6.15. The van der Waals surface area contributed by atoms with Crippen molar-refractivity contribution in [1.29, 1.82) is 0 Å². The van der Waals surface area contributed by atoms with E-state index in [-0.39, 0.29) is 27.1 Å². The first-order chi connectivity index (χ1) is 14.8. The quantitative estimate of drug-likeness (QED) is 0.412. The molecule has 0 unspecified atom stereocenters. The van der Waals surface area contributed by atoms with Gasteiger partial charge in [0.2, 0.25) is 0 Å². The fourth-order valence-electron chi connectivity index (χ4n) is 2.56. The average molecular weight is 511 g/mol. The van der Waals surface area contributed by atoms with Gasteiger partial charge in [0.25, 0.3) is 11.5 Å². The minimum absolute atomic E-state index is 0.0399. The number of aliphatic hydroxyl groups is 1. The smallest absolute Gasteiger partial charge is 0.432 e. The van der Waals surface area contributed by atoms with Crippen molar-refractivity contribution in [3.63, 3.8) is 0 Å². The topological polar surface area (TPSA) is 96.9 Å². The molecule has 7 nitrogen and oxygen atoms in total. The second kappa shape index (κ2) is 9.90. The maximum Gasteiger partial charge on any atom is 0.432 e. The van der Waals surface area contributed by atoms with Gasteiger partial charge in [-0.3, -0.25) is 10.1 Å². The molecule has 1 amide bonds. The normalized spacial score (nSPS) is 13.0. The van der Waals surface area contributed by atoms with Crippen LogP contribution in [0.4, 0.5) is 18.9 Å². The van der Waals surface area contributed by atoms with Crippen molar-refractivity contribution in [1.82, 2.24) is 5.32 Å². The van der Waals surface area contributed by atoms with Crippen molar-refractivity contribution in [3.05, 3.63) is 57.6 Å². The maximum atomic E-state index is 13.4. The van der Waals surface area contributed by atoms with Gasteiger partial charge in [0.15, 0.2) is 5.11 Å². The summed E-state index contributed by atoms with van der Waals surface area (Å²) in [6, 6.07) is 6.87. The summed E-state index contributed by atoms with van der Waals surface area (Å²) in [5.41, 5.74) is -4.65. The van der Waals surface area contributed by atoms with Gasteiger partial charge in [0.05, 0.1) is 30.5 Å². The summed E-state index contributed by atoms with van der Waals surface area (Å²) in [5.74, 6) is -2.80. The molecule has 172 valence electrons. The van der Waals surface area contributed by atoms with Gasteiger partial charge < -0.3 is 19.9 Å². The summed E-state index contributed by atoms with van der Waals surface area (Å²) in [5, 5.41) is 15.2. The number of nitrogens with one attached hydrogen (secondary N) is 2. The van der Waals surface area contributed by atoms with E-state index in [1.807, 2.05) is 0 Å². The highest BCUT2D eigenvalue weighted by molar-refractivity contribution is 7.80. The predicted octanol–water partition coefficient (Wildman–Crippen LogP) is 4.05. The van der Waals surface area contributed by atoms with Crippen LogP contribution in [-0.2, 0) is 15.1 Å². The fraction of sp³-hybridized carbons (Fsp3) is 0.211. The SMILES string of the molecule is COC(=O)[C@](O)(c1ccc(NC(=S)NC(=O)c2ccc(Cl)cc2Cl)c(OC)c1)C(F)(F)F. The van der Waals surface area contributed by atoms with Gasteiger partial charge in [-0.05, 0) is 42.5 Å². The molecule has 0 aliphatic heterocycles. The molecule has 0 fully saturated rings. The Morgan fingerprint density at radius 1 is 1.09 bits per heavy atom. The number of benzene rings is 2. The molecular formula is C19H15Cl2F3N2O5S. The number of hydrogen-bond donors (Lipinski definition) is 3. The van der Waals surface area contributed by atoms with Crippen LogP contribution in [0.2, 0.25) is 10.0 Å². The minimum Gasteiger partial charge on any atom is -0.495 e. The molecule has 0 heterocycles. The number of carbonyl (C=O) groups is 2. The molecule has 3 N–H and O–H groups in total. The van der Waals surface area contributed by atoms with Gasteiger partial charge in [-0.15, -0.1) is 0 Å². The molecule has 0 aliphatic carbocycles. The van der Waals surface area contributed by atoms with Crippen LogP contribution in [0.25, 0.3) is 0 Å². The van der Waals surface area contributed by atoms with Gasteiger partial charge in [0.1, 0.15) is 5.75 Å². The van der Waals surface area contributed by atoms with Gasteiger partial charge >= 0.3 is 12.1 Å². The third-order valence-electron chi connectivity index (χ3n) is 4.16. The largest absolute Gasteiger partial charge is 0.495 e. The number of ether oxygens (including phenoxy) is 2. The summed E-state index contributed by atoms with van der Waals surface area (Å²) in [6.45, 7) is 0. The lowest BCUT2D eigenvalue weighted by atomic mass is 9.92. The van der Waals surface area contributed by atoms with Crippen LogP contribution in [0.3, 0.4) is 0 Å². The molecule has 0 aliphatic rings. The number of methoxy groups -OCH3 is 2. The van der Waals surface area contributed by atoms with Crippen molar-refractivity contribution in [3.8, 4) is 5.75 Å². The molecule has 13 heteroatoms. The van der Waals surface area contributed by atoms with Crippen LogP contribution in [-0.4, -0.2) is 42.5 Å². The number of halogens is 5. The molecule has 0 radical (unpaired) electrons. The zero-order chi connectivity index (χ0) is 24.3. The van der Waals surface area contributed by atoms with Crippen LogP contribution < -0.4 is 15.4 Å². The lowest BCUT2D eigenvalue weighted by molar-refractivity contribution is -0.266. The monoisotopic (exact) mass is 510 g/mol. The number of rotatable bonds is 5. The third kappa shape index (κ3) is 5.23. The summed E-state index contributed by atoms with van der Waals surface area (Å²) < 4.78 is 49.5. The molecule has 1 atom stereocenters. The highest BCUT2D eigenvalue weighted by Crippen LogP contribution is 2.42. The number of anilines is 1. The number of esters is 1. The molecule has 2 aromatic carbocycles. The van der Waals surface area contributed by atoms with E-state index in [4.69, 9.17) is 40.2 Å². The average Bonchev–Trinajstić information content (AvgIpc) is 2.71. The number of carbonyl (C=O) groups excluding carboxylic acids is 2. The Morgan fingerprint density at radius 2 is 1.75 bits per heavy atom. The summed E-state index contributed by atoms with van der Waals surface area (Å²) in [7, 11) is 1.85. The second-order valence-corrected chi connectivity index (χ2v) is 7.40. The number of thiocarbonyl (C=S) groups is 1. The van der Waals surface area contributed by atoms with Crippen LogP contribution in [0.5, 0.6) is 5.75 Å². The van der Waals surface area contributed by atoms with Gasteiger partial charge in [-0.2, -0.15) is 13.2 Å². The van der Waals surface area contributed by atoms with Crippen molar-refractivity contribution >= 4 is 58.1 Å². The highest BCUT2D eigenvalue weighted by atomic mass is 35.5. The van der Waals surface area contributed by atoms with Crippen LogP contribution in [0.1, 0.15) is 15.9 Å². The van der Waals surface area contributed by atoms with E-state index in [9.17, 15) is 27.9 Å². The summed E-state index contributed by atoms with van der Waals surface area (Å²) >= 11 is 16.8. The van der Waals surface area contributed by atoms with Crippen LogP contribution >= 0.6 is 35.4 Å². The van der Waals surface area contributed by atoms with E-state index < -0.39 is 29.2 Å². The predicted molar refractivity (Wildman–Crippen MR) is 115 cm³/mol. The minimum atomic E-state index is -5.37. The third-order valence-corrected chi connectivity index (χ3v) is 4.91. The van der Waals surface area contributed by atoms with Gasteiger partial charge in [0, 0.05) is 10.6 Å². The standard InChI is InChI=1S/C19H15Cl2F3N2O5S/c1-30-14-7-9(18(29,16(28)31-2)19(22,23)24)3-6-13(14)25-17(32)26-15(27)11-5-4-10(20)8-12(11)21/h3-8,29H,1-2H3,(H2,25,26,27,32)/t18-/m1/s1. The first-order valence-electron chi connectivity index (χ1n) is 8.48. The van der Waals surface area contributed by atoms with Gasteiger partial charge in [-0.1, -0.05) is 29.3 Å². The Hall–Kier alpha value is -2.60. The van der Waals surface area contributed by atoms with Crippen LogP contribution in [0.15, 0.2) is 36.4 Å². The molecular weight excluding hydrogens is 496 g/mol. The van der Waals surface area contributed by atoms with Crippen molar-refractivity contribution in [2.75, 3.05) is 19.5 Å². The van der Waals surface area contributed by atoms with Crippen LogP contribution in [0, 0.1) is 0 Å². The Bertz CT molecular complexity index is 1070. The van der Waals surface area contributed by atoms with Crippen molar-refractivity contribution in [2.45, 2.75) is 11.8 Å².